The van der Waals surface area contributed by atoms with Crippen molar-refractivity contribution >= 4 is 47.1 Å². The number of urea groups is 1. The number of hydrogen-bond acceptors (Lipinski definition) is 6. The Labute approximate surface area is 244 Å². The van der Waals surface area contributed by atoms with Crippen LogP contribution in [0.25, 0.3) is 0 Å². The zero-order chi connectivity index (χ0) is 28.6. The maximum Gasteiger partial charge on any atom is 0.415 e. The number of halogens is 2. The SMILES string of the molecule is C=C(C)OC(=O)N1CCN(C(=O)OCc2ccccc2)C(CN2CCN(C(=O)Nc3ccc(Cl)c(Cl)c3)CC2)C1. The molecule has 0 bridgehead atoms. The quantitative estimate of drug-likeness (QED) is 0.469. The predicted octanol–water partition coefficient (Wildman–Crippen LogP) is 5.14. The van der Waals surface area contributed by atoms with Crippen molar-refractivity contribution in [3.63, 3.8) is 0 Å². The van der Waals surface area contributed by atoms with E-state index in [0.29, 0.717) is 73.8 Å². The highest BCUT2D eigenvalue weighted by Gasteiger charge is 2.36. The van der Waals surface area contributed by atoms with Gasteiger partial charge in [-0.05, 0) is 30.7 Å². The Kier molecular flexibility index (Phi) is 10.1. The van der Waals surface area contributed by atoms with Crippen molar-refractivity contribution in [2.45, 2.75) is 19.6 Å². The van der Waals surface area contributed by atoms with Crippen molar-refractivity contribution in [3.8, 4) is 0 Å². The molecule has 2 aromatic rings. The van der Waals surface area contributed by atoms with Gasteiger partial charge in [0, 0.05) is 58.0 Å². The van der Waals surface area contributed by atoms with Crippen molar-refractivity contribution in [3.05, 3.63) is 76.5 Å². The van der Waals surface area contributed by atoms with Crippen molar-refractivity contribution in [1.29, 1.82) is 0 Å². The molecule has 10 nitrogen and oxygen atoms in total. The van der Waals surface area contributed by atoms with Crippen LogP contribution in [0.15, 0.2) is 60.9 Å². The van der Waals surface area contributed by atoms with Crippen LogP contribution >= 0.6 is 23.2 Å². The number of hydrogen-bond donors (Lipinski definition) is 1. The fourth-order valence-electron chi connectivity index (χ4n) is 4.64. The monoisotopic (exact) mass is 589 g/mol. The molecule has 4 amide bonds. The van der Waals surface area contributed by atoms with Gasteiger partial charge in [-0.25, -0.2) is 14.4 Å². The van der Waals surface area contributed by atoms with Crippen LogP contribution in [0.4, 0.5) is 20.1 Å². The van der Waals surface area contributed by atoms with Gasteiger partial charge in [-0.2, -0.15) is 0 Å². The predicted molar refractivity (Wildman–Crippen MR) is 153 cm³/mol. The van der Waals surface area contributed by atoms with Gasteiger partial charge in [-0.1, -0.05) is 60.1 Å². The van der Waals surface area contributed by atoms with E-state index >= 15 is 0 Å². The van der Waals surface area contributed by atoms with Gasteiger partial charge in [-0.3, -0.25) is 4.90 Å². The third-order valence-corrected chi connectivity index (χ3v) is 7.48. The average molecular weight is 591 g/mol. The number of piperazine rings is 2. The van der Waals surface area contributed by atoms with Gasteiger partial charge < -0.3 is 29.5 Å². The Bertz CT molecular complexity index is 1220. The van der Waals surface area contributed by atoms with Gasteiger partial charge in [-0.15, -0.1) is 0 Å². The first kappa shape index (κ1) is 29.5. The van der Waals surface area contributed by atoms with Crippen molar-refractivity contribution in [2.75, 3.05) is 57.7 Å². The average Bonchev–Trinajstić information content (AvgIpc) is 2.94. The maximum absolute atomic E-state index is 13.1. The molecule has 12 heteroatoms. The van der Waals surface area contributed by atoms with Crippen LogP contribution in [0, 0.1) is 0 Å². The second-order valence-corrected chi connectivity index (χ2v) is 10.6. The summed E-state index contributed by atoms with van der Waals surface area (Å²) in [6.07, 6.45) is -0.917. The largest absolute Gasteiger partial charge is 0.445 e. The summed E-state index contributed by atoms with van der Waals surface area (Å²) in [6.45, 7) is 9.08. The van der Waals surface area contributed by atoms with Gasteiger partial charge in [0.15, 0.2) is 0 Å². The first-order valence-electron chi connectivity index (χ1n) is 13.0. The molecule has 1 unspecified atom stereocenters. The van der Waals surface area contributed by atoms with E-state index in [1.165, 1.54) is 0 Å². The van der Waals surface area contributed by atoms with Crippen molar-refractivity contribution in [2.24, 2.45) is 0 Å². The highest BCUT2D eigenvalue weighted by molar-refractivity contribution is 6.42. The molecule has 1 atom stereocenters. The first-order valence-corrected chi connectivity index (χ1v) is 13.8. The number of rotatable bonds is 6. The maximum atomic E-state index is 13.1. The molecule has 2 aliphatic heterocycles. The van der Waals surface area contributed by atoms with Gasteiger partial charge >= 0.3 is 18.2 Å². The summed E-state index contributed by atoms with van der Waals surface area (Å²) in [5.41, 5.74) is 1.46. The topological polar surface area (TPSA) is 94.7 Å². The summed E-state index contributed by atoms with van der Waals surface area (Å²) in [4.78, 5) is 45.6. The number of anilines is 1. The van der Waals surface area contributed by atoms with Crippen molar-refractivity contribution < 1.29 is 23.9 Å². The standard InChI is InChI=1S/C28H33Cl2N5O5/c1-20(2)40-27(37)34-14-15-35(28(38)39-19-21-6-4-3-5-7-21)23(18-34)17-32-10-12-33(13-11-32)26(36)31-22-8-9-24(29)25(30)16-22/h3-9,16,23H,1,10-15,17-19H2,2H3,(H,31,36). The molecule has 2 fully saturated rings. The number of amides is 4. The molecule has 0 aliphatic carbocycles. The fraction of sp³-hybridized carbons (Fsp3) is 0.393. The third kappa shape index (κ3) is 8.03. The van der Waals surface area contributed by atoms with Crippen molar-refractivity contribution in [1.82, 2.24) is 19.6 Å². The minimum Gasteiger partial charge on any atom is -0.445 e. The summed E-state index contributed by atoms with van der Waals surface area (Å²) < 4.78 is 10.8. The first-order chi connectivity index (χ1) is 19.2. The van der Waals surface area contributed by atoms with Crippen LogP contribution < -0.4 is 5.32 Å². The lowest BCUT2D eigenvalue weighted by molar-refractivity contribution is 0.0245. The third-order valence-electron chi connectivity index (χ3n) is 6.74. The lowest BCUT2D eigenvalue weighted by atomic mass is 10.1. The van der Waals surface area contributed by atoms with Gasteiger partial charge in [0.05, 0.1) is 21.8 Å². The molecule has 1 N–H and O–H groups in total. The van der Waals surface area contributed by atoms with Crippen LogP contribution in [0.3, 0.4) is 0 Å². The Hall–Kier alpha value is -3.47. The van der Waals surface area contributed by atoms with Gasteiger partial charge in [0.2, 0.25) is 0 Å². The minimum atomic E-state index is -0.487. The van der Waals surface area contributed by atoms with E-state index in [9.17, 15) is 14.4 Å². The van der Waals surface area contributed by atoms with E-state index in [1.54, 1.807) is 39.8 Å². The van der Waals surface area contributed by atoms with Crippen LogP contribution in [0.2, 0.25) is 10.0 Å². The Morgan fingerprint density at radius 2 is 1.62 bits per heavy atom. The molecule has 2 saturated heterocycles. The number of allylic oxidation sites excluding steroid dienone is 1. The molecule has 40 heavy (non-hydrogen) atoms. The molecule has 2 heterocycles. The summed E-state index contributed by atoms with van der Waals surface area (Å²) >= 11 is 12.0. The molecular formula is C28H33Cl2N5O5. The number of benzene rings is 2. The number of nitrogens with zero attached hydrogens (tertiary/aromatic N) is 4. The molecule has 214 valence electrons. The van der Waals surface area contributed by atoms with E-state index in [-0.39, 0.29) is 18.7 Å². The van der Waals surface area contributed by atoms with Crippen LogP contribution in [0.1, 0.15) is 12.5 Å². The lowest BCUT2D eigenvalue weighted by Gasteiger charge is -2.43. The molecular weight excluding hydrogens is 557 g/mol. The highest BCUT2D eigenvalue weighted by atomic mass is 35.5. The molecule has 0 spiro atoms. The summed E-state index contributed by atoms with van der Waals surface area (Å²) in [5, 5.41) is 3.63. The van der Waals surface area contributed by atoms with E-state index < -0.39 is 12.2 Å². The molecule has 4 rings (SSSR count). The Morgan fingerprint density at radius 3 is 2.30 bits per heavy atom. The fourth-order valence-corrected chi connectivity index (χ4v) is 4.94. The summed E-state index contributed by atoms with van der Waals surface area (Å²) in [5.74, 6) is 0.307. The normalized spacial score (nSPS) is 17.8. The second kappa shape index (κ2) is 13.7. The minimum absolute atomic E-state index is 0.164. The molecule has 2 aromatic carbocycles. The summed E-state index contributed by atoms with van der Waals surface area (Å²) in [7, 11) is 0. The van der Waals surface area contributed by atoms with E-state index in [0.717, 1.165) is 5.56 Å². The van der Waals surface area contributed by atoms with Crippen LogP contribution in [-0.4, -0.2) is 96.2 Å². The molecule has 0 aromatic heterocycles. The zero-order valence-electron chi connectivity index (χ0n) is 22.4. The highest BCUT2D eigenvalue weighted by Crippen LogP contribution is 2.25. The molecule has 2 aliphatic rings. The van der Waals surface area contributed by atoms with E-state index in [2.05, 4.69) is 16.8 Å². The number of ether oxygens (including phenoxy) is 2. The molecule has 0 radical (unpaired) electrons. The number of nitrogens with one attached hydrogen (secondary N) is 1. The summed E-state index contributed by atoms with van der Waals surface area (Å²) in [6, 6.07) is 13.9. The second-order valence-electron chi connectivity index (χ2n) is 9.75. The molecule has 0 saturated carbocycles. The van der Waals surface area contributed by atoms with Crippen LogP contribution in [0.5, 0.6) is 0 Å². The smallest absolute Gasteiger partial charge is 0.415 e. The lowest BCUT2D eigenvalue weighted by Crippen LogP contribution is -2.61. The van der Waals surface area contributed by atoms with E-state index in [4.69, 9.17) is 32.7 Å². The van der Waals surface area contributed by atoms with Crippen LogP contribution in [-0.2, 0) is 16.1 Å². The number of carbonyl (C=O) groups excluding carboxylic acids is 3. The van der Waals surface area contributed by atoms with Gasteiger partial charge in [0.25, 0.3) is 0 Å². The van der Waals surface area contributed by atoms with Gasteiger partial charge in [0.1, 0.15) is 6.61 Å². The Morgan fingerprint density at radius 1 is 0.925 bits per heavy atom. The Balaban J connectivity index is 1.35. The number of carbonyl (C=O) groups is 3. The van der Waals surface area contributed by atoms with E-state index in [1.807, 2.05) is 30.3 Å². The zero-order valence-corrected chi connectivity index (χ0v) is 23.9.